The Bertz CT molecular complexity index is 291. The van der Waals surface area contributed by atoms with Gasteiger partial charge in [-0.25, -0.2) is 4.39 Å². The van der Waals surface area contributed by atoms with Crippen LogP contribution in [0.25, 0.3) is 0 Å². The van der Waals surface area contributed by atoms with Gasteiger partial charge in [-0.1, -0.05) is 6.42 Å². The van der Waals surface area contributed by atoms with E-state index in [-0.39, 0.29) is 5.82 Å². The van der Waals surface area contributed by atoms with E-state index in [9.17, 15) is 4.39 Å². The average molecular weight is 208 g/mol. The predicted octanol–water partition coefficient (Wildman–Crippen LogP) is 2.38. The van der Waals surface area contributed by atoms with Crippen LogP contribution in [0.2, 0.25) is 0 Å². The molecule has 0 amide bonds. The second-order valence-electron chi connectivity index (χ2n) is 4.03. The molecule has 1 saturated heterocycles. The van der Waals surface area contributed by atoms with Gasteiger partial charge in [0.15, 0.2) is 0 Å². The normalized spacial score (nSPS) is 21.3. The van der Waals surface area contributed by atoms with Crippen molar-refractivity contribution < 1.29 is 4.39 Å². The Balaban J connectivity index is 1.79. The number of benzene rings is 1. The lowest BCUT2D eigenvalue weighted by Crippen LogP contribution is -2.39. The van der Waals surface area contributed by atoms with Crippen molar-refractivity contribution in [3.05, 3.63) is 30.1 Å². The maximum absolute atomic E-state index is 12.6. The van der Waals surface area contributed by atoms with E-state index in [2.05, 4.69) is 10.6 Å². The van der Waals surface area contributed by atoms with Crippen molar-refractivity contribution in [2.24, 2.45) is 0 Å². The van der Waals surface area contributed by atoms with E-state index in [1.807, 2.05) is 0 Å². The van der Waals surface area contributed by atoms with Crippen LogP contribution in [-0.4, -0.2) is 19.1 Å². The Labute approximate surface area is 89.9 Å². The van der Waals surface area contributed by atoms with Gasteiger partial charge < -0.3 is 10.6 Å². The van der Waals surface area contributed by atoms with Gasteiger partial charge >= 0.3 is 0 Å². The van der Waals surface area contributed by atoms with Gasteiger partial charge in [-0.15, -0.1) is 0 Å². The van der Waals surface area contributed by atoms with E-state index in [1.165, 1.54) is 31.4 Å². The van der Waals surface area contributed by atoms with Crippen LogP contribution in [0, 0.1) is 5.82 Å². The van der Waals surface area contributed by atoms with Crippen LogP contribution in [0.4, 0.5) is 10.1 Å². The van der Waals surface area contributed by atoms with Gasteiger partial charge in [-0.3, -0.25) is 0 Å². The first kappa shape index (κ1) is 10.4. The average Bonchev–Trinajstić information content (AvgIpc) is 2.30. The summed E-state index contributed by atoms with van der Waals surface area (Å²) in [6.07, 6.45) is 3.82. The minimum Gasteiger partial charge on any atom is -0.383 e. The number of rotatable bonds is 3. The maximum Gasteiger partial charge on any atom is 0.123 e. The molecule has 0 radical (unpaired) electrons. The molecule has 0 saturated carbocycles. The molecule has 1 aliphatic heterocycles. The quantitative estimate of drug-likeness (QED) is 0.797. The Morgan fingerprint density at radius 1 is 1.27 bits per heavy atom. The van der Waals surface area contributed by atoms with Crippen LogP contribution in [0.15, 0.2) is 24.3 Å². The number of halogens is 1. The summed E-state index contributed by atoms with van der Waals surface area (Å²) in [7, 11) is 0. The lowest BCUT2D eigenvalue weighted by molar-refractivity contribution is 0.414. The van der Waals surface area contributed by atoms with Gasteiger partial charge in [0, 0.05) is 18.3 Å². The molecule has 1 atom stereocenters. The zero-order valence-corrected chi connectivity index (χ0v) is 8.80. The highest BCUT2D eigenvalue weighted by molar-refractivity contribution is 5.42. The maximum atomic E-state index is 12.6. The van der Waals surface area contributed by atoms with E-state index < -0.39 is 0 Å². The predicted molar refractivity (Wildman–Crippen MR) is 60.5 cm³/mol. The molecule has 2 rings (SSSR count). The van der Waals surface area contributed by atoms with E-state index in [0.29, 0.717) is 6.04 Å². The first-order valence-electron chi connectivity index (χ1n) is 5.57. The van der Waals surface area contributed by atoms with E-state index in [4.69, 9.17) is 0 Å². The van der Waals surface area contributed by atoms with Crippen molar-refractivity contribution >= 4 is 5.69 Å². The second kappa shape index (κ2) is 5.12. The van der Waals surface area contributed by atoms with Gasteiger partial charge in [0.2, 0.25) is 0 Å². The number of piperidine rings is 1. The molecular weight excluding hydrogens is 191 g/mol. The van der Waals surface area contributed by atoms with Crippen LogP contribution in [-0.2, 0) is 0 Å². The molecule has 15 heavy (non-hydrogen) atoms. The molecule has 1 unspecified atom stereocenters. The standard InChI is InChI=1S/C12H17FN2/c13-10-4-6-11(7-5-10)15-9-12-3-1-2-8-14-12/h4-7,12,14-15H,1-3,8-9H2. The molecular formula is C12H17FN2. The summed E-state index contributed by atoms with van der Waals surface area (Å²) in [6.45, 7) is 2.04. The minimum atomic E-state index is -0.184. The molecule has 0 aromatic heterocycles. The third-order valence-corrected chi connectivity index (χ3v) is 2.81. The van der Waals surface area contributed by atoms with Gasteiger partial charge in [-0.2, -0.15) is 0 Å². The monoisotopic (exact) mass is 208 g/mol. The molecule has 2 nitrogen and oxygen atoms in total. The Morgan fingerprint density at radius 3 is 2.73 bits per heavy atom. The fourth-order valence-corrected chi connectivity index (χ4v) is 1.91. The molecule has 0 aliphatic carbocycles. The summed E-state index contributed by atoms with van der Waals surface area (Å²) in [5, 5.41) is 6.78. The first-order chi connectivity index (χ1) is 7.34. The van der Waals surface area contributed by atoms with Gasteiger partial charge in [0.1, 0.15) is 5.82 Å². The Morgan fingerprint density at radius 2 is 2.07 bits per heavy atom. The molecule has 2 N–H and O–H groups in total. The van der Waals surface area contributed by atoms with Crippen molar-refractivity contribution in [2.45, 2.75) is 25.3 Å². The lowest BCUT2D eigenvalue weighted by atomic mass is 10.1. The number of hydrogen-bond donors (Lipinski definition) is 2. The molecule has 0 spiro atoms. The summed E-state index contributed by atoms with van der Waals surface area (Å²) in [4.78, 5) is 0. The van der Waals surface area contributed by atoms with Gasteiger partial charge in [0.25, 0.3) is 0 Å². The van der Waals surface area contributed by atoms with Crippen LogP contribution in [0.3, 0.4) is 0 Å². The van der Waals surface area contributed by atoms with Gasteiger partial charge in [0.05, 0.1) is 0 Å². The van der Waals surface area contributed by atoms with E-state index >= 15 is 0 Å². The molecule has 1 aromatic rings. The smallest absolute Gasteiger partial charge is 0.123 e. The zero-order valence-electron chi connectivity index (χ0n) is 8.80. The highest BCUT2D eigenvalue weighted by Crippen LogP contribution is 2.11. The number of anilines is 1. The van der Waals surface area contributed by atoms with Crippen molar-refractivity contribution in [1.82, 2.24) is 5.32 Å². The van der Waals surface area contributed by atoms with Crippen LogP contribution in [0.1, 0.15) is 19.3 Å². The van der Waals surface area contributed by atoms with Crippen molar-refractivity contribution in [1.29, 1.82) is 0 Å². The third kappa shape index (κ3) is 3.20. The second-order valence-corrected chi connectivity index (χ2v) is 4.03. The van der Waals surface area contributed by atoms with Gasteiger partial charge in [-0.05, 0) is 43.7 Å². The fourth-order valence-electron chi connectivity index (χ4n) is 1.91. The molecule has 1 heterocycles. The van der Waals surface area contributed by atoms with Crippen molar-refractivity contribution in [3.63, 3.8) is 0 Å². The van der Waals surface area contributed by atoms with E-state index in [1.54, 1.807) is 12.1 Å². The summed E-state index contributed by atoms with van der Waals surface area (Å²) in [6, 6.07) is 7.08. The van der Waals surface area contributed by atoms with Crippen molar-refractivity contribution in [2.75, 3.05) is 18.4 Å². The molecule has 1 aliphatic rings. The summed E-state index contributed by atoms with van der Waals surface area (Å²) >= 11 is 0. The lowest BCUT2D eigenvalue weighted by Gasteiger charge is -2.24. The highest BCUT2D eigenvalue weighted by Gasteiger charge is 2.11. The first-order valence-corrected chi connectivity index (χ1v) is 5.57. The summed E-state index contributed by atoms with van der Waals surface area (Å²) in [5.41, 5.74) is 0.990. The topological polar surface area (TPSA) is 24.1 Å². The molecule has 1 fully saturated rings. The fraction of sp³-hybridized carbons (Fsp3) is 0.500. The summed E-state index contributed by atoms with van der Waals surface area (Å²) in [5.74, 6) is -0.184. The third-order valence-electron chi connectivity index (χ3n) is 2.81. The molecule has 1 aromatic carbocycles. The zero-order chi connectivity index (χ0) is 10.5. The Hall–Kier alpha value is -1.09. The summed E-state index contributed by atoms with van der Waals surface area (Å²) < 4.78 is 12.6. The van der Waals surface area contributed by atoms with Crippen LogP contribution >= 0.6 is 0 Å². The number of nitrogens with one attached hydrogen (secondary N) is 2. The van der Waals surface area contributed by atoms with Crippen LogP contribution in [0.5, 0.6) is 0 Å². The molecule has 82 valence electrons. The number of hydrogen-bond acceptors (Lipinski definition) is 2. The Kier molecular flexibility index (Phi) is 3.56. The minimum absolute atomic E-state index is 0.184. The molecule has 0 bridgehead atoms. The largest absolute Gasteiger partial charge is 0.383 e. The SMILES string of the molecule is Fc1ccc(NCC2CCCCN2)cc1. The van der Waals surface area contributed by atoms with Crippen LogP contribution < -0.4 is 10.6 Å². The highest BCUT2D eigenvalue weighted by atomic mass is 19.1. The van der Waals surface area contributed by atoms with Crippen molar-refractivity contribution in [3.8, 4) is 0 Å². The molecule has 3 heteroatoms. The van der Waals surface area contributed by atoms with E-state index in [0.717, 1.165) is 18.8 Å².